The summed E-state index contributed by atoms with van der Waals surface area (Å²) in [5.74, 6) is -1.93. The van der Waals surface area contributed by atoms with Gasteiger partial charge in [-0.1, -0.05) is 25.3 Å². The third-order valence-electron chi connectivity index (χ3n) is 8.59. The number of hydrogen-bond donors (Lipinski definition) is 4. The van der Waals surface area contributed by atoms with Gasteiger partial charge in [-0.25, -0.2) is 4.79 Å². The van der Waals surface area contributed by atoms with Gasteiger partial charge in [0.1, 0.15) is 23.5 Å². The smallest absolute Gasteiger partial charge is 0.326 e. The van der Waals surface area contributed by atoms with Crippen molar-refractivity contribution in [2.75, 3.05) is 20.2 Å². The second-order valence-electron chi connectivity index (χ2n) is 11.1. The fourth-order valence-corrected chi connectivity index (χ4v) is 6.58. The van der Waals surface area contributed by atoms with Gasteiger partial charge in [-0.2, -0.15) is 0 Å². The molecule has 0 bridgehead atoms. The minimum absolute atomic E-state index is 0.0283. The molecule has 10 heteroatoms. The topological polar surface area (TPSA) is 141 Å². The molecule has 5 rings (SSSR count). The number of aromatic nitrogens is 1. The third-order valence-corrected chi connectivity index (χ3v) is 8.59. The average Bonchev–Trinajstić information content (AvgIpc) is 3.51. The average molecular weight is 525 g/mol. The monoisotopic (exact) mass is 524 g/mol. The lowest BCUT2D eigenvalue weighted by atomic mass is 9.72. The van der Waals surface area contributed by atoms with Gasteiger partial charge >= 0.3 is 5.97 Å². The van der Waals surface area contributed by atoms with Gasteiger partial charge in [-0.3, -0.25) is 14.4 Å². The summed E-state index contributed by atoms with van der Waals surface area (Å²) in [7, 11) is 1.58. The van der Waals surface area contributed by atoms with Crippen LogP contribution >= 0.6 is 0 Å². The number of aliphatic carboxylic acids is 1. The molecule has 4 N–H and O–H groups in total. The summed E-state index contributed by atoms with van der Waals surface area (Å²) >= 11 is 0. The highest BCUT2D eigenvalue weighted by Crippen LogP contribution is 2.47. The maximum atomic E-state index is 13.8. The van der Waals surface area contributed by atoms with E-state index in [1.165, 1.54) is 0 Å². The van der Waals surface area contributed by atoms with Crippen LogP contribution in [-0.4, -0.2) is 71.0 Å². The van der Waals surface area contributed by atoms with Crippen LogP contribution in [0.1, 0.15) is 68.3 Å². The Labute approximate surface area is 221 Å². The number of carboxylic acids is 1. The first-order chi connectivity index (χ1) is 18.3. The molecule has 2 saturated heterocycles. The molecule has 204 valence electrons. The molecule has 1 saturated carbocycles. The van der Waals surface area contributed by atoms with Crippen molar-refractivity contribution in [2.45, 2.75) is 69.9 Å². The number of methoxy groups -OCH3 is 1. The summed E-state index contributed by atoms with van der Waals surface area (Å²) in [6, 6.07) is 5.30. The van der Waals surface area contributed by atoms with Crippen LogP contribution < -0.4 is 15.4 Å². The van der Waals surface area contributed by atoms with Crippen LogP contribution in [0.4, 0.5) is 0 Å². The molecular weight excluding hydrogens is 488 g/mol. The number of rotatable bonds is 7. The van der Waals surface area contributed by atoms with Gasteiger partial charge in [0.25, 0.3) is 5.91 Å². The Morgan fingerprint density at radius 3 is 2.71 bits per heavy atom. The van der Waals surface area contributed by atoms with Crippen molar-refractivity contribution in [3.05, 3.63) is 30.0 Å². The zero-order chi connectivity index (χ0) is 26.9. The second-order valence-corrected chi connectivity index (χ2v) is 11.1. The minimum Gasteiger partial charge on any atom is -0.496 e. The van der Waals surface area contributed by atoms with Crippen LogP contribution in [-0.2, 0) is 14.4 Å². The standard InChI is InChI=1S/C28H36N4O6/c1-38-23-9-5-8-19-18(23)14-20(30-19)26(35)32-16-28(10-3-2-4-11-28)15-22(32)25(34)31-21(27(36)37)13-17-7-6-12-29-24(17)33/h5,8-9,14,17,21-22,30H,2-4,6-7,10-13,15-16H2,1H3,(H,29,33)(H,31,34)(H,36,37)/t17-,21?,22?/m0/s1. The second kappa shape index (κ2) is 10.7. The van der Waals surface area contributed by atoms with Gasteiger partial charge in [0.05, 0.1) is 7.11 Å². The lowest BCUT2D eigenvalue weighted by molar-refractivity contribution is -0.143. The maximum absolute atomic E-state index is 13.8. The fraction of sp³-hybridized carbons (Fsp3) is 0.571. The quantitative estimate of drug-likeness (QED) is 0.439. The number of likely N-dealkylation sites (tertiary alicyclic amines) is 1. The van der Waals surface area contributed by atoms with Crippen molar-refractivity contribution in [3.63, 3.8) is 0 Å². The molecule has 3 amide bonds. The number of hydrogen-bond acceptors (Lipinski definition) is 5. The predicted octanol–water partition coefficient (Wildman–Crippen LogP) is 2.83. The number of carbonyl (C=O) groups excluding carboxylic acids is 3. The first kappa shape index (κ1) is 26.1. The molecule has 2 unspecified atom stereocenters. The van der Waals surface area contributed by atoms with Gasteiger partial charge in [-0.15, -0.1) is 0 Å². The van der Waals surface area contributed by atoms with E-state index in [9.17, 15) is 24.3 Å². The molecular formula is C28H36N4O6. The Balaban J connectivity index is 1.39. The number of nitrogens with zero attached hydrogens (tertiary/aromatic N) is 1. The van der Waals surface area contributed by atoms with Crippen molar-refractivity contribution < 1.29 is 29.0 Å². The van der Waals surface area contributed by atoms with E-state index < -0.39 is 29.9 Å². The Kier molecular flexibility index (Phi) is 7.32. The Morgan fingerprint density at radius 1 is 1.21 bits per heavy atom. The van der Waals surface area contributed by atoms with Gasteiger partial charge in [0.2, 0.25) is 11.8 Å². The number of nitrogens with one attached hydrogen (secondary N) is 3. The lowest BCUT2D eigenvalue weighted by Gasteiger charge is -2.32. The molecule has 3 fully saturated rings. The molecule has 2 aliphatic heterocycles. The van der Waals surface area contributed by atoms with Crippen LogP contribution in [0.5, 0.6) is 5.75 Å². The molecule has 3 atom stereocenters. The molecule has 10 nitrogen and oxygen atoms in total. The third kappa shape index (κ3) is 5.08. The Bertz CT molecular complexity index is 1230. The van der Waals surface area contributed by atoms with Crippen LogP contribution in [0.15, 0.2) is 24.3 Å². The number of fused-ring (bicyclic) bond motifs is 1. The zero-order valence-corrected chi connectivity index (χ0v) is 21.8. The van der Waals surface area contributed by atoms with Crippen molar-refractivity contribution in [1.82, 2.24) is 20.5 Å². The summed E-state index contributed by atoms with van der Waals surface area (Å²) in [6.07, 6.45) is 7.01. The summed E-state index contributed by atoms with van der Waals surface area (Å²) < 4.78 is 5.44. The van der Waals surface area contributed by atoms with E-state index in [-0.39, 0.29) is 23.7 Å². The number of ether oxygens (including phenoxy) is 1. The van der Waals surface area contributed by atoms with E-state index in [2.05, 4.69) is 15.6 Å². The van der Waals surface area contributed by atoms with Crippen molar-refractivity contribution in [1.29, 1.82) is 0 Å². The Morgan fingerprint density at radius 2 is 2.00 bits per heavy atom. The summed E-state index contributed by atoms with van der Waals surface area (Å²) in [5.41, 5.74) is 0.975. The first-order valence-corrected chi connectivity index (χ1v) is 13.6. The largest absolute Gasteiger partial charge is 0.496 e. The normalized spacial score (nSPS) is 23.7. The fourth-order valence-electron chi connectivity index (χ4n) is 6.58. The summed E-state index contributed by atoms with van der Waals surface area (Å²) in [4.78, 5) is 56.6. The highest BCUT2D eigenvalue weighted by Gasteiger charge is 2.49. The molecule has 0 radical (unpaired) electrons. The highest BCUT2D eigenvalue weighted by molar-refractivity contribution is 6.02. The van der Waals surface area contributed by atoms with E-state index in [1.807, 2.05) is 18.2 Å². The SMILES string of the molecule is COc1cccc2[nH]c(C(=O)N3CC4(CCCCC4)CC3C(=O)NC(C[C@@H]3CCCNC3=O)C(=O)O)cc12. The van der Waals surface area contributed by atoms with E-state index in [1.54, 1.807) is 18.1 Å². The predicted molar refractivity (Wildman–Crippen MR) is 140 cm³/mol. The van der Waals surface area contributed by atoms with Gasteiger partial charge in [-0.05, 0) is 62.1 Å². The van der Waals surface area contributed by atoms with Crippen LogP contribution in [0.25, 0.3) is 10.9 Å². The summed E-state index contributed by atoms with van der Waals surface area (Å²) in [5, 5.41) is 16.1. The minimum atomic E-state index is -1.20. The number of H-pyrrole nitrogens is 1. The summed E-state index contributed by atoms with van der Waals surface area (Å²) in [6.45, 7) is 1.04. The maximum Gasteiger partial charge on any atom is 0.326 e. The molecule has 2 aromatic rings. The number of carboxylic acid groups (broad SMARTS) is 1. The number of amides is 3. The van der Waals surface area contributed by atoms with E-state index in [0.29, 0.717) is 37.4 Å². The van der Waals surface area contributed by atoms with Crippen molar-refractivity contribution >= 4 is 34.6 Å². The zero-order valence-electron chi connectivity index (χ0n) is 21.8. The molecule has 38 heavy (non-hydrogen) atoms. The van der Waals surface area contributed by atoms with Crippen LogP contribution in [0.2, 0.25) is 0 Å². The van der Waals surface area contributed by atoms with Gasteiger partial charge in [0, 0.05) is 29.9 Å². The van der Waals surface area contributed by atoms with E-state index >= 15 is 0 Å². The van der Waals surface area contributed by atoms with E-state index in [4.69, 9.17) is 4.74 Å². The van der Waals surface area contributed by atoms with Gasteiger partial charge in [0.15, 0.2) is 0 Å². The highest BCUT2D eigenvalue weighted by atomic mass is 16.5. The van der Waals surface area contributed by atoms with Crippen molar-refractivity contribution in [3.8, 4) is 5.75 Å². The van der Waals surface area contributed by atoms with Crippen molar-refractivity contribution in [2.24, 2.45) is 11.3 Å². The molecule has 1 spiro atoms. The number of carbonyl (C=O) groups is 4. The number of aromatic amines is 1. The molecule has 3 aliphatic rings. The first-order valence-electron chi connectivity index (χ1n) is 13.6. The lowest BCUT2D eigenvalue weighted by Crippen LogP contribution is -2.52. The molecule has 1 aromatic carbocycles. The Hall–Kier alpha value is -3.56. The number of piperidine rings is 1. The van der Waals surface area contributed by atoms with E-state index in [0.717, 1.165) is 49.4 Å². The van der Waals surface area contributed by atoms with Gasteiger partial charge < -0.3 is 30.4 Å². The van der Waals surface area contributed by atoms with Crippen LogP contribution in [0.3, 0.4) is 0 Å². The molecule has 3 heterocycles. The van der Waals surface area contributed by atoms with Crippen LogP contribution in [0, 0.1) is 11.3 Å². The molecule has 1 aromatic heterocycles. The number of benzene rings is 1. The molecule has 1 aliphatic carbocycles.